The van der Waals surface area contributed by atoms with Gasteiger partial charge in [0.25, 0.3) is 5.91 Å². The summed E-state index contributed by atoms with van der Waals surface area (Å²) in [6.45, 7) is 2.07. The number of anilines is 1. The maximum absolute atomic E-state index is 12.1. The van der Waals surface area contributed by atoms with Crippen LogP contribution in [0.25, 0.3) is 0 Å². The number of nitrogens with one attached hydrogen (secondary N) is 1. The van der Waals surface area contributed by atoms with Crippen LogP contribution in [-0.2, 0) is 4.74 Å². The number of hydrogen-bond acceptors (Lipinski definition) is 3. The van der Waals surface area contributed by atoms with Crippen molar-refractivity contribution in [3.8, 4) is 0 Å². The molecular weight excluding hydrogens is 334 g/mol. The summed E-state index contributed by atoms with van der Waals surface area (Å²) in [6, 6.07) is 13.8. The molecule has 1 amide bonds. The number of hydrogen-bond donors (Lipinski definition) is 1. The first-order valence-corrected chi connectivity index (χ1v) is 7.24. The predicted octanol–water partition coefficient (Wildman–Crippen LogP) is 3.88. The number of carbonyl (C=O) groups is 2. The summed E-state index contributed by atoms with van der Waals surface area (Å²) in [4.78, 5) is 23.7. The van der Waals surface area contributed by atoms with Gasteiger partial charge in [-0.15, -0.1) is 0 Å². The molecule has 0 saturated carbocycles. The minimum absolute atomic E-state index is 0.208. The van der Waals surface area contributed by atoms with Crippen molar-refractivity contribution in [2.45, 2.75) is 6.92 Å². The molecule has 108 valence electrons. The number of rotatable bonds is 4. The van der Waals surface area contributed by atoms with Crippen LogP contribution >= 0.6 is 15.9 Å². The number of ether oxygens (including phenoxy) is 1. The monoisotopic (exact) mass is 347 g/mol. The van der Waals surface area contributed by atoms with E-state index < -0.39 is 0 Å². The zero-order chi connectivity index (χ0) is 15.2. The van der Waals surface area contributed by atoms with E-state index >= 15 is 0 Å². The van der Waals surface area contributed by atoms with Crippen LogP contribution in [0.1, 0.15) is 27.6 Å². The van der Waals surface area contributed by atoms with Crippen molar-refractivity contribution in [1.29, 1.82) is 0 Å². The summed E-state index contributed by atoms with van der Waals surface area (Å²) in [5.74, 6) is -0.598. The molecule has 0 aliphatic rings. The second kappa shape index (κ2) is 7.04. The van der Waals surface area contributed by atoms with Crippen molar-refractivity contribution in [3.05, 3.63) is 64.1 Å². The molecule has 4 nitrogen and oxygen atoms in total. The predicted molar refractivity (Wildman–Crippen MR) is 84.5 cm³/mol. The first kappa shape index (κ1) is 15.3. The van der Waals surface area contributed by atoms with Crippen LogP contribution in [-0.4, -0.2) is 18.5 Å². The van der Waals surface area contributed by atoms with Gasteiger partial charge in [-0.2, -0.15) is 0 Å². The zero-order valence-electron chi connectivity index (χ0n) is 11.4. The molecule has 2 aromatic carbocycles. The first-order valence-electron chi connectivity index (χ1n) is 6.45. The van der Waals surface area contributed by atoms with Crippen molar-refractivity contribution in [2.24, 2.45) is 0 Å². The number of carbonyl (C=O) groups excluding carboxylic acids is 2. The molecule has 2 rings (SSSR count). The van der Waals surface area contributed by atoms with E-state index in [0.717, 1.165) is 0 Å². The Kier molecular flexibility index (Phi) is 5.11. The topological polar surface area (TPSA) is 55.4 Å². The maximum Gasteiger partial charge on any atom is 0.338 e. The number of halogens is 1. The Morgan fingerprint density at radius 1 is 1.10 bits per heavy atom. The van der Waals surface area contributed by atoms with Gasteiger partial charge in [0.05, 0.1) is 17.9 Å². The van der Waals surface area contributed by atoms with Crippen molar-refractivity contribution < 1.29 is 14.3 Å². The van der Waals surface area contributed by atoms with Crippen LogP contribution < -0.4 is 5.32 Å². The molecule has 0 heterocycles. The average molecular weight is 348 g/mol. The highest BCUT2D eigenvalue weighted by molar-refractivity contribution is 9.10. The molecule has 5 heteroatoms. The fraction of sp³-hybridized carbons (Fsp3) is 0.125. The Bertz CT molecular complexity index is 656. The minimum Gasteiger partial charge on any atom is -0.462 e. The van der Waals surface area contributed by atoms with Gasteiger partial charge in [0.2, 0.25) is 0 Å². The lowest BCUT2D eigenvalue weighted by Gasteiger charge is -2.09. The molecule has 21 heavy (non-hydrogen) atoms. The van der Waals surface area contributed by atoms with Gasteiger partial charge >= 0.3 is 5.97 Å². The van der Waals surface area contributed by atoms with Gasteiger partial charge < -0.3 is 10.1 Å². The van der Waals surface area contributed by atoms with Gasteiger partial charge in [-0.25, -0.2) is 4.79 Å². The highest BCUT2D eigenvalue weighted by Crippen LogP contribution is 2.24. The molecule has 0 bridgehead atoms. The second-order valence-corrected chi connectivity index (χ2v) is 5.09. The van der Waals surface area contributed by atoms with Gasteiger partial charge in [-0.3, -0.25) is 4.79 Å². The standard InChI is InChI=1S/C16H14BrNO3/c1-2-21-16(20)12-8-9-14(13(17)10-12)18-15(19)11-6-4-3-5-7-11/h3-10H,2H2,1H3,(H,18,19). The number of benzene rings is 2. The normalized spacial score (nSPS) is 10.0. The molecule has 0 aliphatic carbocycles. The molecule has 1 N–H and O–H groups in total. The van der Waals surface area contributed by atoms with Gasteiger partial charge in [0.1, 0.15) is 0 Å². The molecule has 0 unspecified atom stereocenters. The third kappa shape index (κ3) is 3.92. The SMILES string of the molecule is CCOC(=O)c1ccc(NC(=O)c2ccccc2)c(Br)c1. The van der Waals surface area contributed by atoms with E-state index in [0.29, 0.717) is 27.9 Å². The Morgan fingerprint density at radius 3 is 2.43 bits per heavy atom. The van der Waals surface area contributed by atoms with Crippen molar-refractivity contribution >= 4 is 33.5 Å². The number of esters is 1. The van der Waals surface area contributed by atoms with Crippen LogP contribution in [0, 0.1) is 0 Å². The summed E-state index contributed by atoms with van der Waals surface area (Å²) < 4.78 is 5.55. The van der Waals surface area contributed by atoms with Crippen LogP contribution in [0.3, 0.4) is 0 Å². The maximum atomic E-state index is 12.1. The van der Waals surface area contributed by atoms with Crippen molar-refractivity contribution in [1.82, 2.24) is 0 Å². The fourth-order valence-corrected chi connectivity index (χ4v) is 2.22. The first-order chi connectivity index (χ1) is 10.1. The molecule has 0 saturated heterocycles. The summed E-state index contributed by atoms with van der Waals surface area (Å²) in [5.41, 5.74) is 1.59. The van der Waals surface area contributed by atoms with E-state index in [1.54, 1.807) is 49.4 Å². The molecule has 0 aromatic heterocycles. The van der Waals surface area contributed by atoms with E-state index in [1.165, 1.54) is 0 Å². The summed E-state index contributed by atoms with van der Waals surface area (Å²) in [5, 5.41) is 2.79. The minimum atomic E-state index is -0.390. The Morgan fingerprint density at radius 2 is 1.81 bits per heavy atom. The third-order valence-electron chi connectivity index (χ3n) is 2.76. The summed E-state index contributed by atoms with van der Waals surface area (Å²) >= 11 is 3.35. The lowest BCUT2D eigenvalue weighted by Crippen LogP contribution is -2.12. The zero-order valence-corrected chi connectivity index (χ0v) is 13.0. The van der Waals surface area contributed by atoms with E-state index in [1.807, 2.05) is 6.07 Å². The lowest BCUT2D eigenvalue weighted by molar-refractivity contribution is 0.0526. The summed E-state index contributed by atoms with van der Waals surface area (Å²) in [7, 11) is 0. The van der Waals surface area contributed by atoms with Gasteiger partial charge in [0.15, 0.2) is 0 Å². The molecule has 0 radical (unpaired) electrons. The smallest absolute Gasteiger partial charge is 0.338 e. The summed E-state index contributed by atoms with van der Waals surface area (Å²) in [6.07, 6.45) is 0. The highest BCUT2D eigenvalue weighted by Gasteiger charge is 2.11. The molecule has 0 atom stereocenters. The van der Waals surface area contributed by atoms with Crippen LogP contribution in [0.15, 0.2) is 53.0 Å². The van der Waals surface area contributed by atoms with E-state index in [-0.39, 0.29) is 11.9 Å². The fourth-order valence-electron chi connectivity index (χ4n) is 1.74. The Labute approximate surface area is 131 Å². The van der Waals surface area contributed by atoms with E-state index in [2.05, 4.69) is 21.2 Å². The largest absolute Gasteiger partial charge is 0.462 e. The molecule has 0 spiro atoms. The van der Waals surface area contributed by atoms with Gasteiger partial charge in [-0.1, -0.05) is 18.2 Å². The molecular formula is C16H14BrNO3. The molecule has 2 aromatic rings. The second-order valence-electron chi connectivity index (χ2n) is 4.24. The Hall–Kier alpha value is -2.14. The van der Waals surface area contributed by atoms with Crippen LogP contribution in [0.2, 0.25) is 0 Å². The molecule has 0 fully saturated rings. The Balaban J connectivity index is 2.15. The molecule has 0 aliphatic heterocycles. The van der Waals surface area contributed by atoms with E-state index in [4.69, 9.17) is 4.74 Å². The van der Waals surface area contributed by atoms with Gasteiger partial charge in [-0.05, 0) is 53.2 Å². The lowest BCUT2D eigenvalue weighted by atomic mass is 10.2. The van der Waals surface area contributed by atoms with Crippen molar-refractivity contribution in [3.63, 3.8) is 0 Å². The van der Waals surface area contributed by atoms with Crippen LogP contribution in [0.4, 0.5) is 5.69 Å². The van der Waals surface area contributed by atoms with Gasteiger partial charge in [0, 0.05) is 10.0 Å². The van der Waals surface area contributed by atoms with Crippen LogP contribution in [0.5, 0.6) is 0 Å². The van der Waals surface area contributed by atoms with E-state index in [9.17, 15) is 9.59 Å². The highest BCUT2D eigenvalue weighted by atomic mass is 79.9. The quantitative estimate of drug-likeness (QED) is 0.854. The number of amides is 1. The third-order valence-corrected chi connectivity index (χ3v) is 3.42. The van der Waals surface area contributed by atoms with Crippen molar-refractivity contribution in [2.75, 3.05) is 11.9 Å². The average Bonchev–Trinajstić information content (AvgIpc) is 2.50.